The van der Waals surface area contributed by atoms with Gasteiger partial charge in [-0.15, -0.1) is 0 Å². The molecule has 1 aromatic rings. The van der Waals surface area contributed by atoms with Crippen LogP contribution in [0.25, 0.3) is 0 Å². The molecule has 1 aromatic carbocycles. The van der Waals surface area contributed by atoms with Crippen molar-refractivity contribution >= 4 is 15.9 Å². The molecule has 100 valence electrons. The summed E-state index contributed by atoms with van der Waals surface area (Å²) in [4.78, 5) is 0. The summed E-state index contributed by atoms with van der Waals surface area (Å²) in [5.74, 6) is 0.684. The van der Waals surface area contributed by atoms with E-state index >= 15 is 0 Å². The SMILES string of the molecule is COc1cc(CNC2CCCCC2)cc(Br)c1O. The van der Waals surface area contributed by atoms with E-state index < -0.39 is 0 Å². The maximum atomic E-state index is 9.75. The normalized spacial score (nSPS) is 16.8. The Bertz CT molecular complexity index is 403. The van der Waals surface area contributed by atoms with Crippen LogP contribution in [0, 0.1) is 0 Å². The Labute approximate surface area is 117 Å². The number of hydrogen-bond acceptors (Lipinski definition) is 3. The second-order valence-corrected chi connectivity index (χ2v) is 5.70. The van der Waals surface area contributed by atoms with Crippen LogP contribution < -0.4 is 10.1 Å². The number of phenols is 1. The highest BCUT2D eigenvalue weighted by molar-refractivity contribution is 9.10. The summed E-state index contributed by atoms with van der Waals surface area (Å²) in [6.07, 6.45) is 6.59. The zero-order valence-electron chi connectivity index (χ0n) is 10.7. The molecule has 1 aliphatic carbocycles. The first-order valence-corrected chi connectivity index (χ1v) is 7.28. The molecular formula is C14H20BrNO2. The molecule has 0 radical (unpaired) electrons. The predicted octanol–water partition coefficient (Wildman–Crippen LogP) is 3.59. The van der Waals surface area contributed by atoms with Crippen LogP contribution in [0.2, 0.25) is 0 Å². The minimum absolute atomic E-state index is 0.166. The van der Waals surface area contributed by atoms with Gasteiger partial charge in [-0.1, -0.05) is 19.3 Å². The van der Waals surface area contributed by atoms with E-state index in [2.05, 4.69) is 21.2 Å². The van der Waals surface area contributed by atoms with Gasteiger partial charge in [0, 0.05) is 12.6 Å². The van der Waals surface area contributed by atoms with Gasteiger partial charge in [0.15, 0.2) is 11.5 Å². The Morgan fingerprint density at radius 3 is 2.72 bits per heavy atom. The minimum Gasteiger partial charge on any atom is -0.503 e. The first-order chi connectivity index (χ1) is 8.70. The van der Waals surface area contributed by atoms with Crippen LogP contribution in [0.3, 0.4) is 0 Å². The van der Waals surface area contributed by atoms with Gasteiger partial charge in [-0.3, -0.25) is 0 Å². The van der Waals surface area contributed by atoms with E-state index in [9.17, 15) is 5.11 Å². The van der Waals surface area contributed by atoms with Crippen molar-refractivity contribution in [3.8, 4) is 11.5 Å². The van der Waals surface area contributed by atoms with Crippen LogP contribution in [0.4, 0.5) is 0 Å². The molecule has 2 rings (SSSR count). The molecule has 0 bridgehead atoms. The molecular weight excluding hydrogens is 294 g/mol. The molecule has 0 atom stereocenters. The number of hydrogen-bond donors (Lipinski definition) is 2. The molecule has 3 nitrogen and oxygen atoms in total. The van der Waals surface area contributed by atoms with E-state index in [1.165, 1.54) is 32.1 Å². The van der Waals surface area contributed by atoms with Crippen molar-refractivity contribution in [3.05, 3.63) is 22.2 Å². The Kier molecular flexibility index (Phi) is 4.89. The molecule has 0 spiro atoms. The maximum Gasteiger partial charge on any atom is 0.172 e. The van der Waals surface area contributed by atoms with Crippen LogP contribution in [0.15, 0.2) is 16.6 Å². The van der Waals surface area contributed by atoms with E-state index in [1.807, 2.05) is 12.1 Å². The van der Waals surface area contributed by atoms with Crippen molar-refractivity contribution < 1.29 is 9.84 Å². The molecule has 0 amide bonds. The largest absolute Gasteiger partial charge is 0.503 e. The van der Waals surface area contributed by atoms with Crippen molar-refractivity contribution in [3.63, 3.8) is 0 Å². The molecule has 0 unspecified atom stereocenters. The zero-order chi connectivity index (χ0) is 13.0. The number of benzene rings is 1. The first kappa shape index (κ1) is 13.7. The van der Waals surface area contributed by atoms with Crippen molar-refractivity contribution in [2.24, 2.45) is 0 Å². The summed E-state index contributed by atoms with van der Waals surface area (Å²) in [6, 6.07) is 4.46. The van der Waals surface area contributed by atoms with Gasteiger partial charge >= 0.3 is 0 Å². The number of halogens is 1. The molecule has 1 saturated carbocycles. The van der Waals surface area contributed by atoms with Gasteiger partial charge in [0.2, 0.25) is 0 Å². The van der Waals surface area contributed by atoms with Crippen LogP contribution in [-0.4, -0.2) is 18.3 Å². The summed E-state index contributed by atoms with van der Waals surface area (Å²) in [7, 11) is 1.57. The highest BCUT2D eigenvalue weighted by atomic mass is 79.9. The van der Waals surface area contributed by atoms with Gasteiger partial charge in [-0.25, -0.2) is 0 Å². The standard InChI is InChI=1S/C14H20BrNO2/c1-18-13-8-10(7-12(15)14(13)17)9-16-11-5-3-2-4-6-11/h7-8,11,16-17H,2-6,9H2,1H3. The third-order valence-electron chi connectivity index (χ3n) is 3.51. The molecule has 0 aliphatic heterocycles. The molecule has 1 fully saturated rings. The van der Waals surface area contributed by atoms with Crippen LogP contribution in [0.5, 0.6) is 11.5 Å². The van der Waals surface area contributed by atoms with Gasteiger partial charge in [-0.2, -0.15) is 0 Å². The Balaban J connectivity index is 1.98. The van der Waals surface area contributed by atoms with E-state index in [4.69, 9.17) is 4.74 Å². The van der Waals surface area contributed by atoms with E-state index in [0.29, 0.717) is 16.3 Å². The molecule has 18 heavy (non-hydrogen) atoms. The summed E-state index contributed by atoms with van der Waals surface area (Å²) in [5.41, 5.74) is 1.13. The Hall–Kier alpha value is -0.740. The second kappa shape index (κ2) is 6.43. The first-order valence-electron chi connectivity index (χ1n) is 6.49. The third kappa shape index (κ3) is 3.39. The minimum atomic E-state index is 0.166. The van der Waals surface area contributed by atoms with Crippen LogP contribution in [0.1, 0.15) is 37.7 Å². The molecule has 2 N–H and O–H groups in total. The number of aromatic hydroxyl groups is 1. The fourth-order valence-corrected chi connectivity index (χ4v) is 2.94. The lowest BCUT2D eigenvalue weighted by Gasteiger charge is -2.23. The lowest BCUT2D eigenvalue weighted by molar-refractivity contribution is 0.365. The number of methoxy groups -OCH3 is 1. The average molecular weight is 314 g/mol. The van der Waals surface area contributed by atoms with Crippen LogP contribution in [-0.2, 0) is 6.54 Å². The highest BCUT2D eigenvalue weighted by Crippen LogP contribution is 2.35. The molecule has 0 saturated heterocycles. The molecule has 1 aliphatic rings. The molecule has 0 aromatic heterocycles. The van der Waals surface area contributed by atoms with Crippen molar-refractivity contribution in [2.75, 3.05) is 7.11 Å². The number of phenolic OH excluding ortho intramolecular Hbond substituents is 1. The fourth-order valence-electron chi connectivity index (χ4n) is 2.45. The number of ether oxygens (including phenoxy) is 1. The maximum absolute atomic E-state index is 9.75. The summed E-state index contributed by atoms with van der Waals surface area (Å²) >= 11 is 3.35. The number of rotatable bonds is 4. The average Bonchev–Trinajstić information content (AvgIpc) is 2.41. The lowest BCUT2D eigenvalue weighted by Crippen LogP contribution is -2.30. The third-order valence-corrected chi connectivity index (χ3v) is 4.11. The summed E-state index contributed by atoms with van der Waals surface area (Å²) in [5, 5.41) is 13.3. The smallest absolute Gasteiger partial charge is 0.172 e. The van der Waals surface area contributed by atoms with Gasteiger partial charge in [-0.05, 0) is 46.5 Å². The van der Waals surface area contributed by atoms with Crippen LogP contribution >= 0.6 is 15.9 Å². The Morgan fingerprint density at radius 1 is 1.33 bits per heavy atom. The molecule has 4 heteroatoms. The van der Waals surface area contributed by atoms with Crippen molar-refractivity contribution in [1.82, 2.24) is 5.32 Å². The summed E-state index contributed by atoms with van der Waals surface area (Å²) in [6.45, 7) is 0.819. The summed E-state index contributed by atoms with van der Waals surface area (Å²) < 4.78 is 5.83. The topological polar surface area (TPSA) is 41.5 Å². The van der Waals surface area contributed by atoms with Gasteiger partial charge < -0.3 is 15.2 Å². The van der Waals surface area contributed by atoms with Gasteiger partial charge in [0.1, 0.15) is 0 Å². The zero-order valence-corrected chi connectivity index (χ0v) is 12.3. The number of nitrogens with one attached hydrogen (secondary N) is 1. The van der Waals surface area contributed by atoms with Crippen molar-refractivity contribution in [2.45, 2.75) is 44.7 Å². The quantitative estimate of drug-likeness (QED) is 0.892. The predicted molar refractivity (Wildman–Crippen MR) is 76.1 cm³/mol. The monoisotopic (exact) mass is 313 g/mol. The van der Waals surface area contributed by atoms with E-state index in [1.54, 1.807) is 7.11 Å². The fraction of sp³-hybridized carbons (Fsp3) is 0.571. The second-order valence-electron chi connectivity index (χ2n) is 4.84. The molecule has 0 heterocycles. The lowest BCUT2D eigenvalue weighted by atomic mass is 9.95. The Morgan fingerprint density at radius 2 is 2.06 bits per heavy atom. The van der Waals surface area contributed by atoms with E-state index in [-0.39, 0.29) is 5.75 Å². The van der Waals surface area contributed by atoms with E-state index in [0.717, 1.165) is 12.1 Å². The van der Waals surface area contributed by atoms with Gasteiger partial charge in [0.25, 0.3) is 0 Å². The highest BCUT2D eigenvalue weighted by Gasteiger charge is 2.13. The van der Waals surface area contributed by atoms with Gasteiger partial charge in [0.05, 0.1) is 11.6 Å². The van der Waals surface area contributed by atoms with Crippen molar-refractivity contribution in [1.29, 1.82) is 0 Å².